The molecule has 172 valence electrons. The minimum absolute atomic E-state index is 0.267. The number of aliphatic hydroxyl groups is 2. The molecule has 5 N–H and O–H groups in total. The standard InChI is InChI=1S/C21H22N6O5S/c22-33(30,31)32-11-13-9-16(21(29)20(13)28)25-17-6-8-23-18-10-15(26-27(17)18)14-5-1-3-12-4-2-7-24-19(12)14/h1-8,10,13,16,20-21,25,28-29H,9,11H2,(H2,22,30,31)/t13?,16-,20-,21+/m1/s1. The van der Waals surface area contributed by atoms with Crippen LogP contribution in [-0.4, -0.2) is 63.1 Å². The van der Waals surface area contributed by atoms with Crippen molar-refractivity contribution in [1.29, 1.82) is 0 Å². The van der Waals surface area contributed by atoms with Crippen molar-refractivity contribution < 1.29 is 22.8 Å². The van der Waals surface area contributed by atoms with Gasteiger partial charge in [0.25, 0.3) is 0 Å². The van der Waals surface area contributed by atoms with Gasteiger partial charge in [-0.1, -0.05) is 24.3 Å². The van der Waals surface area contributed by atoms with Gasteiger partial charge in [0.2, 0.25) is 0 Å². The Labute approximate surface area is 189 Å². The fraction of sp³-hybridized carbons (Fsp3) is 0.286. The molecule has 1 aromatic carbocycles. The Morgan fingerprint density at radius 3 is 2.76 bits per heavy atom. The van der Waals surface area contributed by atoms with E-state index in [0.717, 1.165) is 16.5 Å². The molecule has 3 heterocycles. The Morgan fingerprint density at radius 1 is 1.12 bits per heavy atom. The molecule has 0 bridgehead atoms. The number of hydrogen-bond acceptors (Lipinski definition) is 9. The summed E-state index contributed by atoms with van der Waals surface area (Å²) in [6.45, 7) is -0.318. The average Bonchev–Trinajstić information content (AvgIpc) is 3.34. The number of fused-ring (bicyclic) bond motifs is 2. The van der Waals surface area contributed by atoms with Gasteiger partial charge in [-0.25, -0.2) is 10.1 Å². The van der Waals surface area contributed by atoms with Gasteiger partial charge < -0.3 is 15.5 Å². The highest BCUT2D eigenvalue weighted by atomic mass is 32.2. The third-order valence-corrected chi connectivity index (χ3v) is 6.31. The fourth-order valence-electron chi connectivity index (χ4n) is 4.25. The largest absolute Gasteiger partial charge is 0.390 e. The van der Waals surface area contributed by atoms with Gasteiger partial charge in [0.15, 0.2) is 5.65 Å². The Bertz CT molecular complexity index is 1420. The van der Waals surface area contributed by atoms with Crippen molar-refractivity contribution in [2.24, 2.45) is 11.1 Å². The minimum Gasteiger partial charge on any atom is -0.390 e. The van der Waals surface area contributed by atoms with Crippen LogP contribution in [0.1, 0.15) is 6.42 Å². The first-order valence-corrected chi connectivity index (χ1v) is 11.8. The molecule has 1 aliphatic carbocycles. The fourth-order valence-corrected chi connectivity index (χ4v) is 4.62. The first-order chi connectivity index (χ1) is 15.8. The highest BCUT2D eigenvalue weighted by molar-refractivity contribution is 7.84. The molecule has 33 heavy (non-hydrogen) atoms. The maximum atomic E-state index is 11.1. The topological polar surface area (TPSA) is 165 Å². The molecule has 11 nitrogen and oxygen atoms in total. The van der Waals surface area contributed by atoms with Gasteiger partial charge in [-0.15, -0.1) is 0 Å². The predicted molar refractivity (Wildman–Crippen MR) is 120 cm³/mol. The molecule has 4 aromatic rings. The predicted octanol–water partition coefficient (Wildman–Crippen LogP) is 0.687. The van der Waals surface area contributed by atoms with E-state index in [0.29, 0.717) is 17.2 Å². The second kappa shape index (κ2) is 8.32. The van der Waals surface area contributed by atoms with E-state index in [4.69, 9.17) is 10.2 Å². The summed E-state index contributed by atoms with van der Waals surface area (Å²) in [6, 6.07) is 12.7. The number of nitrogens with one attached hydrogen (secondary N) is 1. The van der Waals surface area contributed by atoms with Crippen LogP contribution in [0.3, 0.4) is 0 Å². The second-order valence-electron chi connectivity index (χ2n) is 8.02. The van der Waals surface area contributed by atoms with E-state index in [-0.39, 0.29) is 13.0 Å². The Balaban J connectivity index is 1.43. The second-order valence-corrected chi connectivity index (χ2v) is 9.24. The van der Waals surface area contributed by atoms with Crippen LogP contribution in [0, 0.1) is 5.92 Å². The van der Waals surface area contributed by atoms with Gasteiger partial charge in [-0.05, 0) is 18.6 Å². The van der Waals surface area contributed by atoms with Gasteiger partial charge in [0, 0.05) is 35.3 Å². The lowest BCUT2D eigenvalue weighted by Gasteiger charge is -2.19. The molecular weight excluding hydrogens is 448 g/mol. The Hall–Kier alpha value is -3.16. The summed E-state index contributed by atoms with van der Waals surface area (Å²) in [7, 11) is -4.14. The molecule has 0 aliphatic heterocycles. The molecule has 1 aliphatic rings. The summed E-state index contributed by atoms with van der Waals surface area (Å²) < 4.78 is 28.4. The number of benzene rings is 1. The van der Waals surface area contributed by atoms with E-state index in [2.05, 4.69) is 19.5 Å². The van der Waals surface area contributed by atoms with Gasteiger partial charge in [0.1, 0.15) is 11.9 Å². The van der Waals surface area contributed by atoms with E-state index in [1.807, 2.05) is 36.4 Å². The normalized spacial score (nSPS) is 23.4. The molecule has 0 saturated heterocycles. The monoisotopic (exact) mass is 470 g/mol. The van der Waals surface area contributed by atoms with Gasteiger partial charge in [0.05, 0.1) is 30.0 Å². The molecular formula is C21H22N6O5S. The average molecular weight is 471 g/mol. The Kier molecular flexibility index (Phi) is 5.46. The minimum atomic E-state index is -4.14. The first-order valence-electron chi connectivity index (χ1n) is 10.3. The third kappa shape index (κ3) is 4.26. The van der Waals surface area contributed by atoms with E-state index >= 15 is 0 Å². The van der Waals surface area contributed by atoms with Gasteiger partial charge >= 0.3 is 10.3 Å². The van der Waals surface area contributed by atoms with Crippen molar-refractivity contribution in [1.82, 2.24) is 19.6 Å². The van der Waals surface area contributed by atoms with Crippen molar-refractivity contribution in [3.63, 3.8) is 0 Å². The van der Waals surface area contributed by atoms with E-state index in [1.54, 1.807) is 23.0 Å². The molecule has 3 aromatic heterocycles. The van der Waals surface area contributed by atoms with Crippen LogP contribution in [0.15, 0.2) is 54.9 Å². The molecule has 0 amide bonds. The van der Waals surface area contributed by atoms with Crippen LogP contribution in [0.5, 0.6) is 0 Å². The van der Waals surface area contributed by atoms with E-state index in [9.17, 15) is 18.6 Å². The van der Waals surface area contributed by atoms with Gasteiger partial charge in [-0.3, -0.25) is 9.17 Å². The van der Waals surface area contributed by atoms with Crippen molar-refractivity contribution >= 4 is 32.7 Å². The molecule has 1 saturated carbocycles. The quantitative estimate of drug-likeness (QED) is 0.317. The lowest BCUT2D eigenvalue weighted by atomic mass is 10.1. The number of nitrogens with zero attached hydrogens (tertiary/aromatic N) is 4. The summed E-state index contributed by atoms with van der Waals surface area (Å²) in [5, 5.41) is 34.6. The summed E-state index contributed by atoms with van der Waals surface area (Å²) in [6.07, 6.45) is 1.30. The van der Waals surface area contributed by atoms with Crippen LogP contribution in [0.2, 0.25) is 0 Å². The molecule has 4 atom stereocenters. The molecule has 1 fully saturated rings. The number of rotatable bonds is 6. The summed E-state index contributed by atoms with van der Waals surface area (Å²) >= 11 is 0. The lowest BCUT2D eigenvalue weighted by molar-refractivity contribution is 0.00777. The number of aliphatic hydroxyl groups excluding tert-OH is 2. The molecule has 0 spiro atoms. The van der Waals surface area contributed by atoms with E-state index in [1.165, 1.54) is 0 Å². The Morgan fingerprint density at radius 2 is 1.94 bits per heavy atom. The number of pyridine rings is 1. The summed E-state index contributed by atoms with van der Waals surface area (Å²) in [4.78, 5) is 8.86. The lowest BCUT2D eigenvalue weighted by Crippen LogP contribution is -2.36. The van der Waals surface area contributed by atoms with Crippen molar-refractivity contribution in [2.45, 2.75) is 24.7 Å². The highest BCUT2D eigenvalue weighted by Crippen LogP contribution is 2.31. The molecule has 0 radical (unpaired) electrons. The zero-order chi connectivity index (χ0) is 23.2. The molecule has 5 rings (SSSR count). The highest BCUT2D eigenvalue weighted by Gasteiger charge is 2.42. The van der Waals surface area contributed by atoms with Crippen LogP contribution in [-0.2, 0) is 14.5 Å². The number of nitrogens with two attached hydrogens (primary N) is 1. The number of hydrogen-bond donors (Lipinski definition) is 4. The SMILES string of the molecule is NS(=O)(=O)OCC1C[C@@H](Nc2ccnc3cc(-c4cccc5cccnc45)nn23)[C@H](O)[C@@H]1O. The zero-order valence-electron chi connectivity index (χ0n) is 17.3. The third-order valence-electron chi connectivity index (χ3n) is 5.85. The van der Waals surface area contributed by atoms with Crippen molar-refractivity contribution in [3.8, 4) is 11.3 Å². The van der Waals surface area contributed by atoms with Crippen LogP contribution in [0.4, 0.5) is 5.82 Å². The number of aromatic nitrogens is 4. The van der Waals surface area contributed by atoms with Crippen LogP contribution in [0.25, 0.3) is 27.8 Å². The number of para-hydroxylation sites is 1. The maximum Gasteiger partial charge on any atom is 0.333 e. The molecule has 12 heteroatoms. The number of anilines is 1. The van der Waals surface area contributed by atoms with Crippen molar-refractivity contribution in [3.05, 3.63) is 54.9 Å². The molecule has 1 unspecified atom stereocenters. The zero-order valence-corrected chi connectivity index (χ0v) is 18.1. The smallest absolute Gasteiger partial charge is 0.333 e. The van der Waals surface area contributed by atoms with Crippen molar-refractivity contribution in [2.75, 3.05) is 11.9 Å². The summed E-state index contributed by atoms with van der Waals surface area (Å²) in [5.41, 5.74) is 2.96. The van der Waals surface area contributed by atoms with Crippen LogP contribution < -0.4 is 10.5 Å². The summed E-state index contributed by atoms with van der Waals surface area (Å²) in [5.74, 6) is -0.0493. The maximum absolute atomic E-state index is 11.1. The first kappa shape index (κ1) is 21.7. The van der Waals surface area contributed by atoms with Crippen LogP contribution >= 0.6 is 0 Å². The van der Waals surface area contributed by atoms with E-state index < -0.39 is 34.5 Å². The van der Waals surface area contributed by atoms with Gasteiger partial charge in [-0.2, -0.15) is 18.0 Å².